The molecule has 1 aliphatic carbocycles. The summed E-state index contributed by atoms with van der Waals surface area (Å²) in [5.74, 6) is -0.138. The van der Waals surface area contributed by atoms with Crippen molar-refractivity contribution in [3.05, 3.63) is 78.4 Å². The summed E-state index contributed by atoms with van der Waals surface area (Å²) in [6, 6.07) is 13.9. The van der Waals surface area contributed by atoms with Crippen molar-refractivity contribution in [2.75, 3.05) is 0 Å². The fraction of sp³-hybridized carbons (Fsp3) is 0.292. The van der Waals surface area contributed by atoms with E-state index >= 15 is 0 Å². The second-order valence-corrected chi connectivity index (χ2v) is 8.13. The lowest BCUT2D eigenvalue weighted by Gasteiger charge is -2.25. The van der Waals surface area contributed by atoms with Crippen molar-refractivity contribution < 1.29 is 9.90 Å². The van der Waals surface area contributed by atoms with Crippen molar-refractivity contribution in [1.82, 2.24) is 24.6 Å². The van der Waals surface area contributed by atoms with Crippen LogP contribution in [0.4, 0.5) is 0 Å². The number of hydrogen-bond acceptors (Lipinski definition) is 3. The zero-order valence-corrected chi connectivity index (χ0v) is 17.2. The number of benzene rings is 1. The van der Waals surface area contributed by atoms with Gasteiger partial charge in [0.15, 0.2) is 6.10 Å². The summed E-state index contributed by atoms with van der Waals surface area (Å²) in [5.41, 5.74) is 4.33. The van der Waals surface area contributed by atoms with Gasteiger partial charge in [-0.05, 0) is 48.7 Å². The molecule has 3 N–H and O–H groups in total. The summed E-state index contributed by atoms with van der Waals surface area (Å²) >= 11 is 0. The Bertz CT molecular complexity index is 1180. The molecule has 1 amide bonds. The Labute approximate surface area is 180 Å². The number of amides is 1. The highest BCUT2D eigenvalue weighted by Crippen LogP contribution is 2.23. The van der Waals surface area contributed by atoms with Crippen LogP contribution in [0.3, 0.4) is 0 Å². The molecule has 4 aromatic rings. The van der Waals surface area contributed by atoms with Crippen molar-refractivity contribution >= 4 is 16.9 Å². The molecule has 1 aromatic carbocycles. The predicted molar refractivity (Wildman–Crippen MR) is 120 cm³/mol. The molecule has 2 atom stereocenters. The molecule has 1 aliphatic rings. The quantitative estimate of drug-likeness (QED) is 0.507. The van der Waals surface area contributed by atoms with E-state index in [4.69, 9.17) is 5.11 Å². The number of rotatable bonds is 5. The van der Waals surface area contributed by atoms with E-state index in [1.165, 1.54) is 0 Å². The second kappa shape index (κ2) is 8.35. The predicted octanol–water partition coefficient (Wildman–Crippen LogP) is 3.04. The van der Waals surface area contributed by atoms with Crippen LogP contribution in [0.15, 0.2) is 67.3 Å². The molecule has 7 nitrogen and oxygen atoms in total. The van der Waals surface area contributed by atoms with Gasteiger partial charge >= 0.3 is 0 Å². The number of fused-ring (bicyclic) bond motifs is 1. The first-order valence-electron chi connectivity index (χ1n) is 10.7. The van der Waals surface area contributed by atoms with Crippen LogP contribution < -0.4 is 5.32 Å². The molecule has 0 saturated heterocycles. The van der Waals surface area contributed by atoms with Gasteiger partial charge in [0.2, 0.25) is 0 Å². The van der Waals surface area contributed by atoms with Gasteiger partial charge in [-0.25, -0.2) is 4.68 Å². The Hall–Kier alpha value is -3.45. The SMILES string of the molecule is O=C(N[C@H]1CCCCC1[OH2+])c1cn(Cc2ccc(-n3cccn3)cc2)c2cccnc12. The Kier molecular flexibility index (Phi) is 5.26. The van der Waals surface area contributed by atoms with Crippen LogP contribution in [0.25, 0.3) is 16.7 Å². The highest BCUT2D eigenvalue weighted by atomic mass is 16.3. The first kappa shape index (κ1) is 19.5. The molecule has 1 fully saturated rings. The van der Waals surface area contributed by atoms with E-state index in [0.717, 1.165) is 42.5 Å². The number of carbonyl (C=O) groups excluding carboxylic acids is 1. The molecule has 0 spiro atoms. The van der Waals surface area contributed by atoms with E-state index in [-0.39, 0.29) is 18.1 Å². The summed E-state index contributed by atoms with van der Waals surface area (Å²) in [4.78, 5) is 17.5. The van der Waals surface area contributed by atoms with Crippen LogP contribution in [0.5, 0.6) is 0 Å². The molecular formula is C24H26N5O2+. The minimum absolute atomic E-state index is 0.0850. The van der Waals surface area contributed by atoms with E-state index < -0.39 is 0 Å². The van der Waals surface area contributed by atoms with Crippen LogP contribution in [-0.2, 0) is 6.54 Å². The van der Waals surface area contributed by atoms with E-state index in [1.807, 2.05) is 47.4 Å². The van der Waals surface area contributed by atoms with Crippen LogP contribution in [0.1, 0.15) is 41.6 Å². The van der Waals surface area contributed by atoms with Crippen molar-refractivity contribution in [2.24, 2.45) is 0 Å². The monoisotopic (exact) mass is 416 g/mol. The normalized spacial score (nSPS) is 18.9. The molecule has 31 heavy (non-hydrogen) atoms. The third-order valence-electron chi connectivity index (χ3n) is 6.02. The van der Waals surface area contributed by atoms with Gasteiger partial charge in [-0.1, -0.05) is 18.6 Å². The summed E-state index contributed by atoms with van der Waals surface area (Å²) in [5, 5.41) is 15.6. The number of hydrogen-bond donors (Lipinski definition) is 1. The molecular weight excluding hydrogens is 390 g/mol. The molecule has 0 aliphatic heterocycles. The maximum absolute atomic E-state index is 13.1. The minimum atomic E-state index is -0.229. The van der Waals surface area contributed by atoms with Gasteiger partial charge in [-0.2, -0.15) is 5.10 Å². The van der Waals surface area contributed by atoms with E-state index in [9.17, 15) is 4.79 Å². The summed E-state index contributed by atoms with van der Waals surface area (Å²) in [6.45, 7) is 0.638. The van der Waals surface area contributed by atoms with E-state index in [2.05, 4.69) is 32.1 Å². The van der Waals surface area contributed by atoms with Gasteiger partial charge in [0.1, 0.15) is 11.6 Å². The third kappa shape index (κ3) is 3.96. The maximum atomic E-state index is 13.1. The first-order valence-corrected chi connectivity index (χ1v) is 10.7. The number of carbonyl (C=O) groups is 1. The summed E-state index contributed by atoms with van der Waals surface area (Å²) in [7, 11) is 0. The van der Waals surface area contributed by atoms with Crippen molar-refractivity contribution in [1.29, 1.82) is 0 Å². The molecule has 1 saturated carbocycles. The third-order valence-corrected chi connectivity index (χ3v) is 6.02. The summed E-state index contributed by atoms with van der Waals surface area (Å²) < 4.78 is 3.89. The molecule has 5 rings (SSSR count). The zero-order chi connectivity index (χ0) is 21.2. The molecule has 3 heterocycles. The maximum Gasteiger partial charge on any atom is 0.255 e. The molecule has 3 aromatic heterocycles. The molecule has 1 unspecified atom stereocenters. The number of aromatic nitrogens is 4. The van der Waals surface area contributed by atoms with Crippen LogP contribution in [0.2, 0.25) is 0 Å². The number of pyridine rings is 1. The standard InChI is InChI=1S/C24H25N5O2/c30-22-7-2-1-5-20(22)27-24(31)19-16-28(21-6-3-12-25-23(19)21)15-17-8-10-18(11-9-17)29-14-4-13-26-29/h3-4,6,8-14,16,20,22,30H,1-2,5,7,15H2,(H,27,31)/p+1/t20-,22?/m0/s1. The topological polar surface area (TPSA) is 87.6 Å². The fourth-order valence-corrected chi connectivity index (χ4v) is 4.34. The van der Waals surface area contributed by atoms with Gasteiger partial charge in [-0.15, -0.1) is 0 Å². The van der Waals surface area contributed by atoms with Gasteiger partial charge in [0.05, 0.1) is 16.8 Å². The molecule has 158 valence electrons. The second-order valence-electron chi connectivity index (χ2n) is 8.13. The van der Waals surface area contributed by atoms with E-state index in [1.54, 1.807) is 12.4 Å². The average Bonchev–Trinajstić information content (AvgIpc) is 3.45. The number of nitrogens with zero attached hydrogens (tertiary/aromatic N) is 4. The fourth-order valence-electron chi connectivity index (χ4n) is 4.34. The van der Waals surface area contributed by atoms with Crippen molar-refractivity contribution in [3.8, 4) is 5.69 Å². The van der Waals surface area contributed by atoms with Gasteiger partial charge in [0, 0.05) is 37.8 Å². The molecule has 0 bridgehead atoms. The van der Waals surface area contributed by atoms with Crippen LogP contribution in [0, 0.1) is 0 Å². The Morgan fingerprint density at radius 1 is 1.10 bits per heavy atom. The molecule has 7 heteroatoms. The van der Waals surface area contributed by atoms with E-state index in [0.29, 0.717) is 17.6 Å². The highest BCUT2D eigenvalue weighted by molar-refractivity contribution is 6.05. The van der Waals surface area contributed by atoms with Gasteiger partial charge in [-0.3, -0.25) is 9.78 Å². The Morgan fingerprint density at radius 2 is 1.94 bits per heavy atom. The lowest BCUT2D eigenvalue weighted by atomic mass is 9.92. The van der Waals surface area contributed by atoms with Gasteiger partial charge in [0.25, 0.3) is 5.91 Å². The highest BCUT2D eigenvalue weighted by Gasteiger charge is 2.29. The van der Waals surface area contributed by atoms with Crippen molar-refractivity contribution in [2.45, 2.75) is 44.4 Å². The average molecular weight is 417 g/mol. The Balaban J connectivity index is 1.40. The summed E-state index contributed by atoms with van der Waals surface area (Å²) in [6.07, 6.45) is 10.9. The molecule has 0 radical (unpaired) electrons. The van der Waals surface area contributed by atoms with Crippen LogP contribution in [-0.4, -0.2) is 42.5 Å². The lowest BCUT2D eigenvalue weighted by molar-refractivity contribution is 0.0718. The largest absolute Gasteiger partial charge is 0.442 e. The first-order chi connectivity index (χ1) is 15.2. The number of nitrogens with one attached hydrogen (secondary N) is 1. The van der Waals surface area contributed by atoms with Gasteiger partial charge < -0.3 is 15.0 Å². The zero-order valence-electron chi connectivity index (χ0n) is 17.2. The lowest BCUT2D eigenvalue weighted by Crippen LogP contribution is -2.45. The van der Waals surface area contributed by atoms with Crippen LogP contribution >= 0.6 is 0 Å². The minimum Gasteiger partial charge on any atom is -0.442 e. The Morgan fingerprint density at radius 3 is 2.71 bits per heavy atom. The van der Waals surface area contributed by atoms with Crippen molar-refractivity contribution in [3.63, 3.8) is 0 Å². The smallest absolute Gasteiger partial charge is 0.255 e.